The number of amides is 3. The third kappa shape index (κ3) is 12.1. The lowest BCUT2D eigenvalue weighted by molar-refractivity contribution is -0.130. The molecule has 0 bridgehead atoms. The number of carbonyl (C=O) groups excluding carboxylic acids is 3. The molecule has 0 atom stereocenters. The van der Waals surface area contributed by atoms with Crippen molar-refractivity contribution < 1.29 is 23.5 Å². The van der Waals surface area contributed by atoms with Crippen LogP contribution in [-0.2, 0) is 9.53 Å². The van der Waals surface area contributed by atoms with Crippen LogP contribution in [-0.4, -0.2) is 106 Å². The topological polar surface area (TPSA) is 106 Å². The van der Waals surface area contributed by atoms with E-state index < -0.39 is 11.9 Å². The number of carbonyl (C=O) groups is 3. The molecule has 1 heterocycles. The number of nitrogens with zero attached hydrogens (tertiary/aromatic N) is 3. The van der Waals surface area contributed by atoms with Crippen LogP contribution in [0.5, 0.6) is 0 Å². The van der Waals surface area contributed by atoms with E-state index in [9.17, 15) is 18.8 Å². The highest BCUT2D eigenvalue weighted by Gasteiger charge is 2.23. The number of nitrogens with one attached hydrogen (secondary N) is 3. The molecule has 1 aliphatic rings. The van der Waals surface area contributed by atoms with Gasteiger partial charge in [0.15, 0.2) is 0 Å². The molecule has 1 saturated heterocycles. The van der Waals surface area contributed by atoms with Gasteiger partial charge in [0.1, 0.15) is 11.9 Å². The van der Waals surface area contributed by atoms with E-state index in [-0.39, 0.29) is 17.9 Å². The zero-order valence-electron chi connectivity index (χ0n) is 29.8. The molecule has 0 spiro atoms. The van der Waals surface area contributed by atoms with Crippen molar-refractivity contribution in [3.05, 3.63) is 84.2 Å². The minimum atomic E-state index is -0.445. The number of piperidine rings is 1. The number of hydrogen-bond donors (Lipinski definition) is 3. The Bertz CT molecular complexity index is 1520. The van der Waals surface area contributed by atoms with Crippen LogP contribution >= 0.6 is 0 Å². The maximum Gasteiger partial charge on any atom is 0.411 e. The molecule has 3 amide bonds. The molecule has 3 aromatic carbocycles. The minimum Gasteiger partial charge on any atom is -0.446 e. The monoisotopic (exact) mass is 688 g/mol. The molecule has 3 aromatic rings. The van der Waals surface area contributed by atoms with Crippen molar-refractivity contribution in [2.45, 2.75) is 51.0 Å². The number of likely N-dealkylation sites (N-methyl/N-ethyl adjacent to an activating group) is 1. The lowest BCUT2D eigenvalue weighted by atomic mass is 10.0. The Kier molecular flexibility index (Phi) is 15.5. The predicted molar refractivity (Wildman–Crippen MR) is 198 cm³/mol. The highest BCUT2D eigenvalue weighted by molar-refractivity contribution is 5.94. The van der Waals surface area contributed by atoms with Gasteiger partial charge in [-0.3, -0.25) is 14.9 Å². The van der Waals surface area contributed by atoms with E-state index in [2.05, 4.69) is 20.9 Å². The predicted octanol–water partition coefficient (Wildman–Crippen LogP) is 6.32. The maximum absolute atomic E-state index is 14.6. The van der Waals surface area contributed by atoms with Crippen molar-refractivity contribution in [3.63, 3.8) is 0 Å². The molecule has 0 saturated carbocycles. The van der Waals surface area contributed by atoms with Crippen LogP contribution in [0.25, 0.3) is 11.1 Å². The number of rotatable bonds is 18. The lowest BCUT2D eigenvalue weighted by Crippen LogP contribution is -2.42. The molecule has 1 fully saturated rings. The van der Waals surface area contributed by atoms with Gasteiger partial charge in [0.05, 0.1) is 11.4 Å². The Morgan fingerprint density at radius 2 is 1.58 bits per heavy atom. The molecule has 0 aromatic heterocycles. The van der Waals surface area contributed by atoms with Gasteiger partial charge in [-0.25, -0.2) is 9.18 Å². The largest absolute Gasteiger partial charge is 0.446 e. The van der Waals surface area contributed by atoms with Crippen LogP contribution in [0.4, 0.5) is 20.6 Å². The van der Waals surface area contributed by atoms with Crippen molar-refractivity contribution >= 4 is 29.3 Å². The van der Waals surface area contributed by atoms with Gasteiger partial charge in [0.25, 0.3) is 5.91 Å². The molecule has 11 heteroatoms. The number of anilines is 2. The van der Waals surface area contributed by atoms with Crippen LogP contribution in [0, 0.1) is 5.82 Å². The van der Waals surface area contributed by atoms with Crippen molar-refractivity contribution in [1.29, 1.82) is 0 Å². The average molecular weight is 689 g/mol. The highest BCUT2D eigenvalue weighted by atomic mass is 19.1. The fraction of sp³-hybridized carbons (Fsp3) is 0.462. The SMILES string of the molecule is CNCCCN(C)C(=O)c1ccc(NCCCCCC(=O)N(C)CCN2CCC(OC(=O)Nc3ccccc3-c3ccccc3)CC2)c(F)c1. The number of unbranched alkanes of at least 4 members (excludes halogenated alkanes) is 2. The number of likely N-dealkylation sites (tertiary alicyclic amines) is 1. The van der Waals surface area contributed by atoms with E-state index in [0.29, 0.717) is 37.3 Å². The normalized spacial score (nSPS) is 13.4. The first-order valence-corrected chi connectivity index (χ1v) is 17.8. The standard InChI is InChI=1S/C39H53FN6O4/c1-41-22-12-24-45(3)38(48)31-18-19-36(34(40)29-31)42-23-11-5-8-17-37(47)44(2)27-28-46-25-20-32(21-26-46)50-39(49)43-35-16-10-9-15-33(35)30-13-6-4-7-14-30/h4,6-7,9-10,13-16,18-19,29,32,41-42H,5,8,11-12,17,20-28H2,1-3H3,(H,43,49). The van der Waals surface area contributed by atoms with Gasteiger partial charge in [-0.15, -0.1) is 0 Å². The summed E-state index contributed by atoms with van der Waals surface area (Å²) in [5, 5.41) is 9.08. The van der Waals surface area contributed by atoms with E-state index in [1.54, 1.807) is 29.0 Å². The van der Waals surface area contributed by atoms with Crippen molar-refractivity contribution in [2.75, 3.05) is 77.6 Å². The fourth-order valence-corrected chi connectivity index (χ4v) is 6.02. The van der Waals surface area contributed by atoms with E-state index in [1.807, 2.05) is 68.7 Å². The first kappa shape index (κ1) is 38.3. The molecule has 1 aliphatic heterocycles. The number of hydrogen-bond acceptors (Lipinski definition) is 7. The van der Waals surface area contributed by atoms with E-state index in [4.69, 9.17) is 4.74 Å². The number of halogens is 1. The molecule has 0 radical (unpaired) electrons. The van der Waals surface area contributed by atoms with Crippen LogP contribution in [0.1, 0.15) is 55.3 Å². The molecular formula is C39H53FN6O4. The molecule has 10 nitrogen and oxygen atoms in total. The summed E-state index contributed by atoms with van der Waals surface area (Å²) in [5.74, 6) is -0.524. The van der Waals surface area contributed by atoms with Gasteiger partial charge in [0, 0.05) is 70.9 Å². The highest BCUT2D eigenvalue weighted by Crippen LogP contribution is 2.28. The molecule has 0 unspecified atom stereocenters. The smallest absolute Gasteiger partial charge is 0.411 e. The fourth-order valence-electron chi connectivity index (χ4n) is 6.02. The van der Waals surface area contributed by atoms with Gasteiger partial charge < -0.3 is 30.1 Å². The third-order valence-corrected chi connectivity index (χ3v) is 9.10. The Labute approximate surface area is 296 Å². The maximum atomic E-state index is 14.6. The lowest BCUT2D eigenvalue weighted by Gasteiger charge is -2.32. The second kappa shape index (κ2) is 20.3. The van der Waals surface area contributed by atoms with Gasteiger partial charge in [-0.05, 0) is 75.5 Å². The number of para-hydroxylation sites is 1. The van der Waals surface area contributed by atoms with Crippen molar-refractivity contribution in [1.82, 2.24) is 20.0 Å². The zero-order valence-corrected chi connectivity index (χ0v) is 29.8. The summed E-state index contributed by atoms with van der Waals surface area (Å²) in [4.78, 5) is 43.7. The quantitative estimate of drug-likeness (QED) is 0.134. The van der Waals surface area contributed by atoms with Crippen LogP contribution in [0.3, 0.4) is 0 Å². The zero-order chi connectivity index (χ0) is 35.7. The van der Waals surface area contributed by atoms with Gasteiger partial charge in [0.2, 0.25) is 5.91 Å². The summed E-state index contributed by atoms with van der Waals surface area (Å²) < 4.78 is 20.4. The third-order valence-electron chi connectivity index (χ3n) is 9.10. The van der Waals surface area contributed by atoms with Crippen LogP contribution in [0.2, 0.25) is 0 Å². The first-order chi connectivity index (χ1) is 24.2. The van der Waals surface area contributed by atoms with E-state index in [0.717, 1.165) is 81.5 Å². The Hall–Kier alpha value is -4.48. The average Bonchev–Trinajstić information content (AvgIpc) is 3.13. The van der Waals surface area contributed by atoms with E-state index in [1.165, 1.54) is 6.07 Å². The summed E-state index contributed by atoms with van der Waals surface area (Å²) >= 11 is 0. The van der Waals surface area contributed by atoms with E-state index >= 15 is 0 Å². The summed E-state index contributed by atoms with van der Waals surface area (Å²) in [6.07, 6.45) is 4.63. The van der Waals surface area contributed by atoms with Gasteiger partial charge in [-0.2, -0.15) is 0 Å². The summed E-state index contributed by atoms with van der Waals surface area (Å²) in [7, 11) is 5.43. The molecule has 4 rings (SSSR count). The summed E-state index contributed by atoms with van der Waals surface area (Å²) in [6.45, 7) is 5.03. The Balaban J connectivity index is 1.06. The second-order valence-corrected chi connectivity index (χ2v) is 12.9. The summed E-state index contributed by atoms with van der Waals surface area (Å²) in [5.41, 5.74) is 3.40. The Morgan fingerprint density at radius 1 is 0.840 bits per heavy atom. The minimum absolute atomic E-state index is 0.117. The van der Waals surface area contributed by atoms with Gasteiger partial charge >= 0.3 is 6.09 Å². The molecular weight excluding hydrogens is 635 g/mol. The van der Waals surface area contributed by atoms with Crippen molar-refractivity contribution in [3.8, 4) is 11.1 Å². The van der Waals surface area contributed by atoms with Crippen LogP contribution in [0.15, 0.2) is 72.8 Å². The van der Waals surface area contributed by atoms with Crippen molar-refractivity contribution in [2.24, 2.45) is 0 Å². The molecule has 0 aliphatic carbocycles. The molecule has 50 heavy (non-hydrogen) atoms. The molecule has 270 valence electrons. The Morgan fingerprint density at radius 3 is 2.32 bits per heavy atom. The number of ether oxygens (including phenoxy) is 1. The number of benzene rings is 3. The second-order valence-electron chi connectivity index (χ2n) is 12.9. The summed E-state index contributed by atoms with van der Waals surface area (Å²) in [6, 6.07) is 22.2. The van der Waals surface area contributed by atoms with Gasteiger partial charge in [-0.1, -0.05) is 55.0 Å². The first-order valence-electron chi connectivity index (χ1n) is 17.8. The van der Waals surface area contributed by atoms with Crippen LogP contribution < -0.4 is 16.0 Å². The molecule has 3 N–H and O–H groups in total.